The molecule has 0 heterocycles. The van der Waals surface area contributed by atoms with Crippen molar-refractivity contribution in [2.24, 2.45) is 0 Å². The molecule has 162 valence electrons. The monoisotopic (exact) mass is 434 g/mol. The second-order valence-electron chi connectivity index (χ2n) is 7.67. The van der Waals surface area contributed by atoms with Crippen LogP contribution in [0, 0.1) is 6.92 Å². The minimum Gasteiger partial charge on any atom is -0.445 e. The van der Waals surface area contributed by atoms with Crippen molar-refractivity contribution in [3.8, 4) is 0 Å². The van der Waals surface area contributed by atoms with Crippen LogP contribution < -0.4 is 0 Å². The zero-order chi connectivity index (χ0) is 23.2. The molecule has 0 aliphatic heterocycles. The SMILES string of the molecule is Cc1ccc(C(=O)[C@@H](OC(=O)c2ccccc2C(=O)c2ccccc2)c2ccccc2)cc1. The van der Waals surface area contributed by atoms with Crippen LogP contribution in [0.15, 0.2) is 109 Å². The lowest BCUT2D eigenvalue weighted by molar-refractivity contribution is 0.0278. The molecular weight excluding hydrogens is 412 g/mol. The third kappa shape index (κ3) is 4.96. The average molecular weight is 434 g/mol. The molecule has 0 bridgehead atoms. The zero-order valence-electron chi connectivity index (χ0n) is 18.1. The summed E-state index contributed by atoms with van der Waals surface area (Å²) < 4.78 is 5.76. The maximum absolute atomic E-state index is 13.3. The number of Topliss-reactive ketones (excluding diaryl/α,β-unsaturated/α-hetero) is 1. The van der Waals surface area contributed by atoms with Gasteiger partial charge < -0.3 is 4.74 Å². The summed E-state index contributed by atoms with van der Waals surface area (Å²) in [6.45, 7) is 1.93. The van der Waals surface area contributed by atoms with Gasteiger partial charge in [0.05, 0.1) is 5.56 Å². The highest BCUT2D eigenvalue weighted by Gasteiger charge is 2.28. The molecular formula is C29H22O4. The van der Waals surface area contributed by atoms with Crippen LogP contribution in [-0.2, 0) is 4.74 Å². The molecule has 4 heteroatoms. The largest absolute Gasteiger partial charge is 0.445 e. The summed E-state index contributed by atoms with van der Waals surface area (Å²) in [6, 6.07) is 31.2. The lowest BCUT2D eigenvalue weighted by atomic mass is 9.97. The van der Waals surface area contributed by atoms with Gasteiger partial charge in [-0.2, -0.15) is 0 Å². The highest BCUT2D eigenvalue weighted by Crippen LogP contribution is 2.26. The minimum absolute atomic E-state index is 0.115. The van der Waals surface area contributed by atoms with Gasteiger partial charge in [-0.25, -0.2) is 4.79 Å². The second kappa shape index (κ2) is 9.88. The van der Waals surface area contributed by atoms with Gasteiger partial charge in [0.2, 0.25) is 5.78 Å². The van der Waals surface area contributed by atoms with Crippen molar-refractivity contribution in [3.63, 3.8) is 0 Å². The lowest BCUT2D eigenvalue weighted by Crippen LogP contribution is -2.22. The normalized spacial score (nSPS) is 11.4. The Hall–Kier alpha value is -4.31. The van der Waals surface area contributed by atoms with Crippen molar-refractivity contribution in [1.29, 1.82) is 0 Å². The molecule has 1 atom stereocenters. The number of carbonyl (C=O) groups excluding carboxylic acids is 3. The van der Waals surface area contributed by atoms with Gasteiger partial charge >= 0.3 is 5.97 Å². The number of ketones is 2. The third-order valence-corrected chi connectivity index (χ3v) is 5.33. The van der Waals surface area contributed by atoms with Crippen molar-refractivity contribution in [2.45, 2.75) is 13.0 Å². The first-order chi connectivity index (χ1) is 16.0. The van der Waals surface area contributed by atoms with Crippen LogP contribution in [0.25, 0.3) is 0 Å². The van der Waals surface area contributed by atoms with Gasteiger partial charge in [-0.15, -0.1) is 0 Å². The fourth-order valence-corrected chi connectivity index (χ4v) is 3.54. The molecule has 33 heavy (non-hydrogen) atoms. The van der Waals surface area contributed by atoms with Crippen LogP contribution in [0.2, 0.25) is 0 Å². The molecule has 0 aliphatic carbocycles. The Morgan fingerprint density at radius 2 is 1.15 bits per heavy atom. The van der Waals surface area contributed by atoms with E-state index in [0.717, 1.165) is 5.56 Å². The van der Waals surface area contributed by atoms with Gasteiger partial charge in [0, 0.05) is 22.3 Å². The smallest absolute Gasteiger partial charge is 0.339 e. The minimum atomic E-state index is -1.14. The number of hydrogen-bond acceptors (Lipinski definition) is 4. The van der Waals surface area contributed by atoms with E-state index in [1.807, 2.05) is 31.2 Å². The molecule has 0 radical (unpaired) electrons. The Morgan fingerprint density at radius 3 is 1.79 bits per heavy atom. The standard InChI is InChI=1S/C29H22O4/c1-20-16-18-22(19-17-20)27(31)28(23-12-6-3-7-13-23)33-29(32)25-15-9-8-14-24(25)26(30)21-10-4-2-5-11-21/h2-19,28H,1H3/t28-/m0/s1. The molecule has 0 N–H and O–H groups in total. The van der Waals surface area contributed by atoms with Crippen LogP contribution in [0.4, 0.5) is 0 Å². The highest BCUT2D eigenvalue weighted by molar-refractivity contribution is 6.14. The maximum Gasteiger partial charge on any atom is 0.339 e. The molecule has 4 aromatic carbocycles. The quantitative estimate of drug-likeness (QED) is 0.264. The van der Waals surface area contributed by atoms with Crippen molar-refractivity contribution in [3.05, 3.63) is 143 Å². The van der Waals surface area contributed by atoms with E-state index in [-0.39, 0.29) is 22.7 Å². The van der Waals surface area contributed by atoms with Gasteiger partial charge in [0.1, 0.15) is 0 Å². The Bertz CT molecular complexity index is 1280. The summed E-state index contributed by atoms with van der Waals surface area (Å²) in [7, 11) is 0. The molecule has 0 amide bonds. The topological polar surface area (TPSA) is 60.4 Å². The molecule has 0 saturated heterocycles. The van der Waals surface area contributed by atoms with E-state index in [1.165, 1.54) is 6.07 Å². The van der Waals surface area contributed by atoms with Crippen molar-refractivity contribution < 1.29 is 19.1 Å². The lowest BCUT2D eigenvalue weighted by Gasteiger charge is -2.18. The Morgan fingerprint density at radius 1 is 0.606 bits per heavy atom. The fourth-order valence-electron chi connectivity index (χ4n) is 3.54. The van der Waals surface area contributed by atoms with Gasteiger partial charge in [-0.05, 0) is 13.0 Å². The number of aryl methyl sites for hydroxylation is 1. The Labute approximate surface area is 192 Å². The number of ether oxygens (including phenoxy) is 1. The van der Waals surface area contributed by atoms with Gasteiger partial charge in [-0.3, -0.25) is 9.59 Å². The first kappa shape index (κ1) is 21.9. The van der Waals surface area contributed by atoms with E-state index in [4.69, 9.17) is 4.74 Å². The van der Waals surface area contributed by atoms with Crippen molar-refractivity contribution in [1.82, 2.24) is 0 Å². The van der Waals surface area contributed by atoms with Gasteiger partial charge in [0.25, 0.3) is 0 Å². The predicted octanol–water partition coefficient (Wildman–Crippen LogP) is 6.01. The van der Waals surface area contributed by atoms with E-state index in [1.54, 1.807) is 78.9 Å². The number of carbonyl (C=O) groups is 3. The van der Waals surface area contributed by atoms with Crippen LogP contribution >= 0.6 is 0 Å². The fraction of sp³-hybridized carbons (Fsp3) is 0.0690. The van der Waals surface area contributed by atoms with E-state index >= 15 is 0 Å². The second-order valence-corrected chi connectivity index (χ2v) is 7.67. The molecule has 0 unspecified atom stereocenters. The van der Waals surface area contributed by atoms with Crippen LogP contribution in [0.5, 0.6) is 0 Å². The Kier molecular flexibility index (Phi) is 6.56. The van der Waals surface area contributed by atoms with Crippen molar-refractivity contribution >= 4 is 17.5 Å². The number of rotatable bonds is 7. The number of esters is 1. The Balaban J connectivity index is 1.68. The first-order valence-corrected chi connectivity index (χ1v) is 10.6. The van der Waals surface area contributed by atoms with Gasteiger partial charge in [0.15, 0.2) is 11.9 Å². The van der Waals surface area contributed by atoms with Crippen LogP contribution in [0.1, 0.15) is 53.9 Å². The molecule has 4 nitrogen and oxygen atoms in total. The first-order valence-electron chi connectivity index (χ1n) is 10.6. The van der Waals surface area contributed by atoms with E-state index in [0.29, 0.717) is 16.7 Å². The van der Waals surface area contributed by atoms with Crippen molar-refractivity contribution in [2.75, 3.05) is 0 Å². The molecule has 4 aromatic rings. The molecule has 0 aliphatic rings. The average Bonchev–Trinajstić information content (AvgIpc) is 2.88. The molecule has 0 saturated carbocycles. The third-order valence-electron chi connectivity index (χ3n) is 5.33. The van der Waals surface area contributed by atoms with Gasteiger partial charge in [-0.1, -0.05) is 109 Å². The summed E-state index contributed by atoms with van der Waals surface area (Å²) in [4.78, 5) is 39.6. The predicted molar refractivity (Wildman–Crippen MR) is 126 cm³/mol. The molecule has 0 fully saturated rings. The number of benzene rings is 4. The molecule has 4 rings (SSSR count). The highest BCUT2D eigenvalue weighted by atomic mass is 16.5. The van der Waals surface area contributed by atoms with E-state index in [2.05, 4.69) is 0 Å². The maximum atomic E-state index is 13.3. The van der Waals surface area contributed by atoms with Crippen LogP contribution in [0.3, 0.4) is 0 Å². The van der Waals surface area contributed by atoms with E-state index in [9.17, 15) is 14.4 Å². The zero-order valence-corrected chi connectivity index (χ0v) is 18.1. The number of hydrogen-bond donors (Lipinski definition) is 0. The molecule has 0 aromatic heterocycles. The molecule has 0 spiro atoms. The summed E-state index contributed by atoms with van der Waals surface area (Å²) in [5.74, 6) is -1.35. The summed E-state index contributed by atoms with van der Waals surface area (Å²) in [5, 5.41) is 0. The summed E-state index contributed by atoms with van der Waals surface area (Å²) >= 11 is 0. The summed E-state index contributed by atoms with van der Waals surface area (Å²) in [6.07, 6.45) is -1.14. The van der Waals surface area contributed by atoms with Crippen LogP contribution in [-0.4, -0.2) is 17.5 Å². The van der Waals surface area contributed by atoms with E-state index < -0.39 is 12.1 Å². The summed E-state index contributed by atoms with van der Waals surface area (Å²) in [5.41, 5.74) is 2.83.